The highest BCUT2D eigenvalue weighted by molar-refractivity contribution is 5.94. The first-order valence-corrected chi connectivity index (χ1v) is 7.96. The van der Waals surface area contributed by atoms with Gasteiger partial charge in [-0.2, -0.15) is 14.8 Å². The Morgan fingerprint density at radius 3 is 2.52 bits per heavy atom. The van der Waals surface area contributed by atoms with E-state index < -0.39 is 0 Å². The van der Waals surface area contributed by atoms with Crippen LogP contribution in [0.3, 0.4) is 0 Å². The first-order chi connectivity index (χ1) is 12.1. The van der Waals surface area contributed by atoms with Gasteiger partial charge in [0.2, 0.25) is 11.9 Å². The summed E-state index contributed by atoms with van der Waals surface area (Å²) in [5.74, 6) is 0.478. The van der Waals surface area contributed by atoms with Crippen LogP contribution in [0, 0.1) is 0 Å². The zero-order valence-electron chi connectivity index (χ0n) is 14.4. The van der Waals surface area contributed by atoms with Crippen LogP contribution < -0.4 is 10.2 Å². The molecule has 1 amide bonds. The molecule has 3 rings (SSSR count). The SMILES string of the molecule is CC(C(=O)Nc1ncnn1-c1ccccn1)c1ccc(N(C)C)cc1. The Labute approximate surface area is 146 Å². The van der Waals surface area contributed by atoms with Gasteiger partial charge >= 0.3 is 0 Å². The molecule has 0 aliphatic heterocycles. The zero-order chi connectivity index (χ0) is 17.8. The molecule has 1 aromatic carbocycles. The quantitative estimate of drug-likeness (QED) is 0.774. The molecule has 0 saturated carbocycles. The first-order valence-electron chi connectivity index (χ1n) is 7.96. The Morgan fingerprint density at radius 2 is 1.88 bits per heavy atom. The van der Waals surface area contributed by atoms with Gasteiger partial charge in [0.05, 0.1) is 5.92 Å². The second-order valence-corrected chi connectivity index (χ2v) is 5.88. The highest BCUT2D eigenvalue weighted by atomic mass is 16.2. The van der Waals surface area contributed by atoms with Crippen molar-refractivity contribution in [1.29, 1.82) is 0 Å². The lowest BCUT2D eigenvalue weighted by atomic mass is 10.00. The fourth-order valence-electron chi connectivity index (χ4n) is 2.40. The molecule has 1 N–H and O–H groups in total. The Bertz CT molecular complexity index is 842. The van der Waals surface area contributed by atoms with Gasteiger partial charge < -0.3 is 4.90 Å². The van der Waals surface area contributed by atoms with E-state index in [1.54, 1.807) is 12.3 Å². The number of benzene rings is 1. The molecular weight excluding hydrogens is 316 g/mol. The maximum Gasteiger partial charge on any atom is 0.234 e. The van der Waals surface area contributed by atoms with E-state index in [4.69, 9.17) is 0 Å². The van der Waals surface area contributed by atoms with Crippen LogP contribution in [0.4, 0.5) is 11.6 Å². The normalized spacial score (nSPS) is 11.8. The Morgan fingerprint density at radius 1 is 1.12 bits per heavy atom. The van der Waals surface area contributed by atoms with E-state index in [1.165, 1.54) is 11.0 Å². The van der Waals surface area contributed by atoms with Gasteiger partial charge in [0.25, 0.3) is 0 Å². The molecule has 0 saturated heterocycles. The number of rotatable bonds is 5. The van der Waals surface area contributed by atoms with Gasteiger partial charge in [0.15, 0.2) is 5.82 Å². The molecule has 1 atom stereocenters. The Balaban J connectivity index is 1.75. The minimum absolute atomic E-state index is 0.150. The predicted octanol–water partition coefficient (Wildman–Crippen LogP) is 2.47. The minimum Gasteiger partial charge on any atom is -0.378 e. The molecule has 0 radical (unpaired) electrons. The lowest BCUT2D eigenvalue weighted by molar-refractivity contribution is -0.117. The molecule has 7 nitrogen and oxygen atoms in total. The Kier molecular flexibility index (Phi) is 4.74. The van der Waals surface area contributed by atoms with Crippen molar-refractivity contribution in [2.75, 3.05) is 24.3 Å². The summed E-state index contributed by atoms with van der Waals surface area (Å²) in [4.78, 5) is 22.9. The van der Waals surface area contributed by atoms with Gasteiger partial charge in [-0.25, -0.2) is 4.98 Å². The topological polar surface area (TPSA) is 75.9 Å². The summed E-state index contributed by atoms with van der Waals surface area (Å²) in [5.41, 5.74) is 2.03. The molecule has 0 bridgehead atoms. The van der Waals surface area contributed by atoms with Crippen molar-refractivity contribution in [1.82, 2.24) is 19.7 Å². The number of carbonyl (C=O) groups excluding carboxylic acids is 1. The number of anilines is 2. The standard InChI is InChI=1S/C18H20N6O/c1-13(14-7-9-15(10-8-14)23(2)3)17(25)22-18-20-12-21-24(18)16-6-4-5-11-19-16/h4-13H,1-3H3,(H,20,21,22,25). The molecule has 7 heteroatoms. The number of nitrogens with zero attached hydrogens (tertiary/aromatic N) is 5. The third-order valence-electron chi connectivity index (χ3n) is 3.95. The summed E-state index contributed by atoms with van der Waals surface area (Å²) in [6.45, 7) is 1.86. The van der Waals surface area contributed by atoms with Crippen LogP contribution in [-0.2, 0) is 4.79 Å². The third kappa shape index (κ3) is 3.65. The number of aromatic nitrogens is 4. The van der Waals surface area contributed by atoms with Gasteiger partial charge in [-0.15, -0.1) is 0 Å². The zero-order valence-corrected chi connectivity index (χ0v) is 14.4. The lowest BCUT2D eigenvalue weighted by Crippen LogP contribution is -2.21. The van der Waals surface area contributed by atoms with Crippen molar-refractivity contribution in [3.63, 3.8) is 0 Å². The summed E-state index contributed by atoms with van der Waals surface area (Å²) in [7, 11) is 3.96. The van der Waals surface area contributed by atoms with E-state index in [0.717, 1.165) is 11.3 Å². The van der Waals surface area contributed by atoms with Crippen molar-refractivity contribution in [3.05, 3.63) is 60.6 Å². The molecule has 0 aliphatic rings. The van der Waals surface area contributed by atoms with Crippen molar-refractivity contribution >= 4 is 17.5 Å². The van der Waals surface area contributed by atoms with Crippen LogP contribution in [0.25, 0.3) is 5.82 Å². The molecule has 2 heterocycles. The van der Waals surface area contributed by atoms with Crippen LogP contribution in [0.1, 0.15) is 18.4 Å². The number of amides is 1. The van der Waals surface area contributed by atoms with Gasteiger partial charge in [-0.3, -0.25) is 10.1 Å². The summed E-state index contributed by atoms with van der Waals surface area (Å²) >= 11 is 0. The number of hydrogen-bond acceptors (Lipinski definition) is 5. The van der Waals surface area contributed by atoms with Gasteiger partial charge in [0, 0.05) is 26.0 Å². The first kappa shape index (κ1) is 16.6. The van der Waals surface area contributed by atoms with Gasteiger partial charge in [-0.05, 0) is 36.8 Å². The monoisotopic (exact) mass is 336 g/mol. The smallest absolute Gasteiger partial charge is 0.234 e. The van der Waals surface area contributed by atoms with Crippen LogP contribution in [0.15, 0.2) is 55.0 Å². The fourth-order valence-corrected chi connectivity index (χ4v) is 2.40. The molecular formula is C18H20N6O. The van der Waals surface area contributed by atoms with E-state index in [1.807, 2.05) is 62.3 Å². The van der Waals surface area contributed by atoms with E-state index in [9.17, 15) is 4.79 Å². The van der Waals surface area contributed by atoms with E-state index in [2.05, 4.69) is 20.4 Å². The van der Waals surface area contributed by atoms with Crippen LogP contribution in [-0.4, -0.2) is 39.8 Å². The highest BCUT2D eigenvalue weighted by Crippen LogP contribution is 2.21. The largest absolute Gasteiger partial charge is 0.378 e. The second kappa shape index (κ2) is 7.12. The maximum absolute atomic E-state index is 12.6. The van der Waals surface area contributed by atoms with Gasteiger partial charge in [-0.1, -0.05) is 18.2 Å². The number of hydrogen-bond donors (Lipinski definition) is 1. The number of nitrogens with one attached hydrogen (secondary N) is 1. The highest BCUT2D eigenvalue weighted by Gasteiger charge is 2.18. The van der Waals surface area contributed by atoms with E-state index in [0.29, 0.717) is 11.8 Å². The molecule has 0 aliphatic carbocycles. The molecule has 128 valence electrons. The molecule has 0 fully saturated rings. The average molecular weight is 336 g/mol. The van der Waals surface area contributed by atoms with Crippen molar-refractivity contribution < 1.29 is 4.79 Å². The summed E-state index contributed by atoms with van der Waals surface area (Å²) < 4.78 is 1.50. The number of carbonyl (C=O) groups is 1. The van der Waals surface area contributed by atoms with E-state index >= 15 is 0 Å². The van der Waals surface area contributed by atoms with Crippen LogP contribution >= 0.6 is 0 Å². The summed E-state index contributed by atoms with van der Waals surface area (Å²) in [6.07, 6.45) is 3.05. The summed E-state index contributed by atoms with van der Waals surface area (Å²) in [5, 5.41) is 6.95. The maximum atomic E-state index is 12.6. The van der Waals surface area contributed by atoms with E-state index in [-0.39, 0.29) is 11.8 Å². The average Bonchev–Trinajstić information content (AvgIpc) is 3.10. The second-order valence-electron chi connectivity index (χ2n) is 5.88. The molecule has 0 spiro atoms. The van der Waals surface area contributed by atoms with Crippen LogP contribution in [0.5, 0.6) is 0 Å². The summed E-state index contributed by atoms with van der Waals surface area (Å²) in [6, 6.07) is 13.4. The minimum atomic E-state index is -0.315. The van der Waals surface area contributed by atoms with Crippen molar-refractivity contribution in [3.8, 4) is 5.82 Å². The molecule has 1 unspecified atom stereocenters. The Hall–Kier alpha value is -3.22. The fraction of sp³-hybridized carbons (Fsp3) is 0.222. The van der Waals surface area contributed by atoms with Crippen molar-refractivity contribution in [2.24, 2.45) is 0 Å². The molecule has 25 heavy (non-hydrogen) atoms. The molecule has 2 aromatic heterocycles. The molecule has 3 aromatic rings. The predicted molar refractivity (Wildman–Crippen MR) is 97.0 cm³/mol. The van der Waals surface area contributed by atoms with Gasteiger partial charge in [0.1, 0.15) is 6.33 Å². The van der Waals surface area contributed by atoms with Crippen molar-refractivity contribution in [2.45, 2.75) is 12.8 Å². The third-order valence-corrected chi connectivity index (χ3v) is 3.95. The lowest BCUT2D eigenvalue weighted by Gasteiger charge is -2.15. The van der Waals surface area contributed by atoms with Crippen LogP contribution in [0.2, 0.25) is 0 Å². The number of pyridine rings is 1.